The number of pyridine rings is 1. The molecule has 0 fully saturated rings. The average molecular weight is 339 g/mol. The Labute approximate surface area is 144 Å². The van der Waals surface area contributed by atoms with Gasteiger partial charge in [-0.25, -0.2) is 4.98 Å². The van der Waals surface area contributed by atoms with E-state index in [1.807, 2.05) is 12.1 Å². The molecule has 2 aromatic heterocycles. The molecule has 1 N–H and O–H groups in total. The highest BCUT2D eigenvalue weighted by molar-refractivity contribution is 5.97. The summed E-state index contributed by atoms with van der Waals surface area (Å²) in [5, 5.41) is 2.81. The molecule has 0 spiro atoms. The molecule has 3 aromatic rings. The SMILES string of the molecule is COc1ccc(-c2ocnc2C(=O)NCc2cccnc2)cc1OC. The Morgan fingerprint density at radius 1 is 1.20 bits per heavy atom. The van der Waals surface area contributed by atoms with Crippen LogP contribution in [0.3, 0.4) is 0 Å². The Bertz CT molecular complexity index is 862. The summed E-state index contributed by atoms with van der Waals surface area (Å²) in [4.78, 5) is 20.5. The summed E-state index contributed by atoms with van der Waals surface area (Å²) < 4.78 is 15.9. The van der Waals surface area contributed by atoms with E-state index < -0.39 is 0 Å². The zero-order valence-electron chi connectivity index (χ0n) is 13.9. The maximum absolute atomic E-state index is 12.4. The largest absolute Gasteiger partial charge is 0.493 e. The number of carbonyl (C=O) groups excluding carboxylic acids is 1. The van der Waals surface area contributed by atoms with Crippen molar-refractivity contribution in [1.82, 2.24) is 15.3 Å². The van der Waals surface area contributed by atoms with E-state index in [-0.39, 0.29) is 11.6 Å². The number of oxazole rings is 1. The minimum absolute atomic E-state index is 0.205. The molecule has 0 radical (unpaired) electrons. The Morgan fingerprint density at radius 3 is 2.76 bits per heavy atom. The molecule has 0 aliphatic carbocycles. The van der Waals surface area contributed by atoms with Crippen LogP contribution in [0.5, 0.6) is 11.5 Å². The smallest absolute Gasteiger partial charge is 0.274 e. The fourth-order valence-corrected chi connectivity index (χ4v) is 2.36. The van der Waals surface area contributed by atoms with Crippen molar-refractivity contribution in [3.05, 3.63) is 60.4 Å². The van der Waals surface area contributed by atoms with Crippen molar-refractivity contribution >= 4 is 5.91 Å². The van der Waals surface area contributed by atoms with E-state index in [9.17, 15) is 4.79 Å². The molecule has 0 atom stereocenters. The molecule has 0 aliphatic heterocycles. The third-order valence-electron chi connectivity index (χ3n) is 3.60. The highest BCUT2D eigenvalue weighted by Crippen LogP contribution is 2.33. The molecule has 0 unspecified atom stereocenters. The Hall–Kier alpha value is -3.35. The predicted molar refractivity (Wildman–Crippen MR) is 90.5 cm³/mol. The van der Waals surface area contributed by atoms with Gasteiger partial charge in [0, 0.05) is 24.5 Å². The van der Waals surface area contributed by atoms with Gasteiger partial charge < -0.3 is 19.2 Å². The quantitative estimate of drug-likeness (QED) is 0.743. The standard InChI is InChI=1S/C18H17N3O4/c1-23-14-6-5-13(8-15(14)24-2)17-16(21-11-25-17)18(22)20-10-12-4-3-7-19-9-12/h3-9,11H,10H2,1-2H3,(H,20,22). The van der Waals surface area contributed by atoms with Gasteiger partial charge in [-0.05, 0) is 29.8 Å². The molecule has 7 heteroatoms. The lowest BCUT2D eigenvalue weighted by atomic mass is 10.1. The van der Waals surface area contributed by atoms with E-state index in [0.717, 1.165) is 5.56 Å². The zero-order valence-corrected chi connectivity index (χ0v) is 13.9. The minimum Gasteiger partial charge on any atom is -0.493 e. The average Bonchev–Trinajstić information content (AvgIpc) is 3.16. The van der Waals surface area contributed by atoms with E-state index in [4.69, 9.17) is 13.9 Å². The van der Waals surface area contributed by atoms with Crippen molar-refractivity contribution in [2.75, 3.05) is 14.2 Å². The normalized spacial score (nSPS) is 10.3. The van der Waals surface area contributed by atoms with Gasteiger partial charge in [0.15, 0.2) is 29.3 Å². The number of benzene rings is 1. The monoisotopic (exact) mass is 339 g/mol. The molecule has 0 saturated carbocycles. The first-order valence-corrected chi connectivity index (χ1v) is 7.56. The zero-order chi connectivity index (χ0) is 17.6. The van der Waals surface area contributed by atoms with Crippen molar-refractivity contribution in [1.29, 1.82) is 0 Å². The summed E-state index contributed by atoms with van der Waals surface area (Å²) in [7, 11) is 3.10. The number of hydrogen-bond donors (Lipinski definition) is 1. The number of nitrogens with one attached hydrogen (secondary N) is 1. The summed E-state index contributed by atoms with van der Waals surface area (Å²) in [5.74, 6) is 1.17. The summed E-state index contributed by atoms with van der Waals surface area (Å²) in [6.07, 6.45) is 4.61. The van der Waals surface area contributed by atoms with Crippen LogP contribution in [0.4, 0.5) is 0 Å². The second kappa shape index (κ2) is 7.48. The van der Waals surface area contributed by atoms with Crippen molar-refractivity contribution in [2.45, 2.75) is 6.54 Å². The summed E-state index contributed by atoms with van der Waals surface area (Å²) >= 11 is 0. The van der Waals surface area contributed by atoms with Crippen LogP contribution in [-0.4, -0.2) is 30.1 Å². The molecular formula is C18H17N3O4. The summed E-state index contributed by atoms with van der Waals surface area (Å²) in [5.41, 5.74) is 1.77. The van der Waals surface area contributed by atoms with Gasteiger partial charge in [0.05, 0.1) is 14.2 Å². The topological polar surface area (TPSA) is 86.5 Å². The first kappa shape index (κ1) is 16.5. The summed E-state index contributed by atoms with van der Waals surface area (Å²) in [6, 6.07) is 8.95. The second-order valence-electron chi connectivity index (χ2n) is 5.14. The van der Waals surface area contributed by atoms with Gasteiger partial charge in [-0.1, -0.05) is 6.07 Å². The van der Waals surface area contributed by atoms with Gasteiger partial charge in [-0.2, -0.15) is 0 Å². The van der Waals surface area contributed by atoms with Gasteiger partial charge in [-0.15, -0.1) is 0 Å². The molecule has 25 heavy (non-hydrogen) atoms. The fourth-order valence-electron chi connectivity index (χ4n) is 2.36. The number of methoxy groups -OCH3 is 2. The van der Waals surface area contributed by atoms with Gasteiger partial charge >= 0.3 is 0 Å². The van der Waals surface area contributed by atoms with Gasteiger partial charge in [0.2, 0.25) is 0 Å². The lowest BCUT2D eigenvalue weighted by Gasteiger charge is -2.09. The maximum atomic E-state index is 12.4. The first-order valence-electron chi connectivity index (χ1n) is 7.56. The van der Waals surface area contributed by atoms with E-state index in [2.05, 4.69) is 15.3 Å². The van der Waals surface area contributed by atoms with Gasteiger partial charge in [-0.3, -0.25) is 9.78 Å². The highest BCUT2D eigenvalue weighted by atomic mass is 16.5. The van der Waals surface area contributed by atoms with Crippen molar-refractivity contribution in [2.24, 2.45) is 0 Å². The van der Waals surface area contributed by atoms with Crippen LogP contribution >= 0.6 is 0 Å². The van der Waals surface area contributed by atoms with Crippen LogP contribution in [0.25, 0.3) is 11.3 Å². The third-order valence-corrected chi connectivity index (χ3v) is 3.60. The van der Waals surface area contributed by atoms with Crippen molar-refractivity contribution in [3.63, 3.8) is 0 Å². The lowest BCUT2D eigenvalue weighted by molar-refractivity contribution is 0.0946. The number of rotatable bonds is 6. The van der Waals surface area contributed by atoms with Gasteiger partial charge in [0.25, 0.3) is 5.91 Å². The van der Waals surface area contributed by atoms with Crippen LogP contribution in [0, 0.1) is 0 Å². The number of ether oxygens (including phenoxy) is 2. The molecule has 2 heterocycles. The van der Waals surface area contributed by atoms with E-state index >= 15 is 0 Å². The molecule has 0 bridgehead atoms. The number of aromatic nitrogens is 2. The Morgan fingerprint density at radius 2 is 2.04 bits per heavy atom. The molecular weight excluding hydrogens is 322 g/mol. The molecule has 7 nitrogen and oxygen atoms in total. The Kier molecular flexibility index (Phi) is 4.94. The lowest BCUT2D eigenvalue weighted by Crippen LogP contribution is -2.23. The van der Waals surface area contributed by atoms with E-state index in [0.29, 0.717) is 29.4 Å². The number of hydrogen-bond acceptors (Lipinski definition) is 6. The molecule has 3 rings (SSSR count). The highest BCUT2D eigenvalue weighted by Gasteiger charge is 2.19. The van der Waals surface area contributed by atoms with Crippen LogP contribution in [0.15, 0.2) is 53.5 Å². The molecule has 128 valence electrons. The van der Waals surface area contributed by atoms with Crippen LogP contribution in [0.2, 0.25) is 0 Å². The van der Waals surface area contributed by atoms with E-state index in [1.165, 1.54) is 6.39 Å². The fraction of sp³-hybridized carbons (Fsp3) is 0.167. The molecule has 1 aromatic carbocycles. The Balaban J connectivity index is 1.81. The number of nitrogens with zero attached hydrogens (tertiary/aromatic N) is 2. The maximum Gasteiger partial charge on any atom is 0.274 e. The van der Waals surface area contributed by atoms with Crippen LogP contribution < -0.4 is 14.8 Å². The third kappa shape index (κ3) is 3.60. The molecule has 0 aliphatic rings. The molecule has 0 saturated heterocycles. The first-order chi connectivity index (χ1) is 12.2. The summed E-state index contributed by atoms with van der Waals surface area (Å²) in [6.45, 7) is 0.352. The van der Waals surface area contributed by atoms with E-state index in [1.54, 1.807) is 44.8 Å². The second-order valence-corrected chi connectivity index (χ2v) is 5.14. The number of carbonyl (C=O) groups is 1. The van der Waals surface area contributed by atoms with Crippen molar-refractivity contribution in [3.8, 4) is 22.8 Å². The van der Waals surface area contributed by atoms with Gasteiger partial charge in [0.1, 0.15) is 0 Å². The minimum atomic E-state index is -0.331. The number of amides is 1. The van der Waals surface area contributed by atoms with Crippen LogP contribution in [0.1, 0.15) is 16.1 Å². The van der Waals surface area contributed by atoms with Crippen LogP contribution in [-0.2, 0) is 6.54 Å². The van der Waals surface area contributed by atoms with Crippen molar-refractivity contribution < 1.29 is 18.7 Å². The predicted octanol–water partition coefficient (Wildman–Crippen LogP) is 2.68. The molecule has 1 amide bonds.